The summed E-state index contributed by atoms with van der Waals surface area (Å²) in [4.78, 5) is 13.0. The molecule has 6 nitrogen and oxygen atoms in total. The van der Waals surface area contributed by atoms with Crippen molar-refractivity contribution in [2.75, 3.05) is 6.79 Å². The average molecular weight is 438 g/mol. The van der Waals surface area contributed by atoms with E-state index in [1.165, 1.54) is 0 Å². The first-order valence-electron chi connectivity index (χ1n) is 10.4. The molecule has 0 saturated heterocycles. The van der Waals surface area contributed by atoms with E-state index in [-0.39, 0.29) is 24.2 Å². The van der Waals surface area contributed by atoms with E-state index in [0.29, 0.717) is 28.6 Å². The highest BCUT2D eigenvalue weighted by Crippen LogP contribution is 2.41. The van der Waals surface area contributed by atoms with E-state index in [0.717, 1.165) is 29.7 Å². The van der Waals surface area contributed by atoms with Crippen molar-refractivity contribution in [2.45, 2.75) is 39.3 Å². The van der Waals surface area contributed by atoms with Crippen molar-refractivity contribution < 1.29 is 14.3 Å². The van der Waals surface area contributed by atoms with E-state index in [9.17, 15) is 4.79 Å². The van der Waals surface area contributed by atoms with Gasteiger partial charge in [0.05, 0.1) is 18.8 Å². The van der Waals surface area contributed by atoms with Crippen molar-refractivity contribution in [3.8, 4) is 11.5 Å². The van der Waals surface area contributed by atoms with Crippen molar-refractivity contribution in [1.82, 2.24) is 15.1 Å². The molecule has 1 aliphatic heterocycles. The summed E-state index contributed by atoms with van der Waals surface area (Å²) in [6.07, 6.45) is 3.64. The number of carbonyl (C=O) groups excluding carboxylic acids is 1. The fraction of sp³-hybridized carbons (Fsp3) is 0.333. The molecule has 1 aliphatic carbocycles. The summed E-state index contributed by atoms with van der Waals surface area (Å²) >= 11 is 6.15. The van der Waals surface area contributed by atoms with Crippen LogP contribution < -0.4 is 14.8 Å². The van der Waals surface area contributed by atoms with Gasteiger partial charge in [0.2, 0.25) is 6.79 Å². The fourth-order valence-electron chi connectivity index (χ4n) is 4.45. The molecule has 0 fully saturated rings. The molecule has 0 spiro atoms. The lowest BCUT2D eigenvalue weighted by Crippen LogP contribution is -2.36. The number of rotatable bonds is 4. The summed E-state index contributed by atoms with van der Waals surface area (Å²) in [7, 11) is 0. The van der Waals surface area contributed by atoms with Gasteiger partial charge in [-0.15, -0.1) is 0 Å². The number of nitrogens with zero attached hydrogens (tertiary/aromatic N) is 2. The van der Waals surface area contributed by atoms with E-state index in [2.05, 4.69) is 24.3 Å². The summed E-state index contributed by atoms with van der Waals surface area (Å²) in [6, 6.07) is 13.0. The van der Waals surface area contributed by atoms with Gasteiger partial charge in [-0.1, -0.05) is 37.6 Å². The van der Waals surface area contributed by atoms with Crippen LogP contribution in [-0.2, 0) is 13.0 Å². The van der Waals surface area contributed by atoms with Crippen LogP contribution >= 0.6 is 11.6 Å². The van der Waals surface area contributed by atoms with Gasteiger partial charge in [0.25, 0.3) is 5.91 Å². The zero-order valence-corrected chi connectivity index (χ0v) is 18.3. The Morgan fingerprint density at radius 1 is 1.23 bits per heavy atom. The highest BCUT2D eigenvalue weighted by atomic mass is 35.5. The zero-order chi connectivity index (χ0) is 21.6. The Balaban J connectivity index is 1.40. The van der Waals surface area contributed by atoms with Crippen LogP contribution in [0.25, 0.3) is 0 Å². The molecule has 1 N–H and O–H groups in total. The summed E-state index contributed by atoms with van der Waals surface area (Å²) in [5, 5.41) is 8.58. The number of benzene rings is 2. The first-order valence-corrected chi connectivity index (χ1v) is 10.8. The summed E-state index contributed by atoms with van der Waals surface area (Å²) < 4.78 is 12.8. The van der Waals surface area contributed by atoms with Gasteiger partial charge in [0.15, 0.2) is 11.5 Å². The van der Waals surface area contributed by atoms with Gasteiger partial charge in [-0.2, -0.15) is 5.10 Å². The Morgan fingerprint density at radius 3 is 2.90 bits per heavy atom. The molecule has 0 saturated carbocycles. The Labute approximate surface area is 186 Å². The highest BCUT2D eigenvalue weighted by molar-refractivity contribution is 6.30. The van der Waals surface area contributed by atoms with Crippen molar-refractivity contribution in [2.24, 2.45) is 5.41 Å². The largest absolute Gasteiger partial charge is 0.454 e. The third-order valence-corrected chi connectivity index (χ3v) is 6.16. The van der Waals surface area contributed by atoms with Crippen LogP contribution in [-0.4, -0.2) is 22.5 Å². The molecule has 0 unspecified atom stereocenters. The second-order valence-corrected chi connectivity index (χ2v) is 9.41. The minimum atomic E-state index is -0.130. The first-order chi connectivity index (χ1) is 14.9. The number of nitrogens with one attached hydrogen (secondary N) is 1. The number of fused-ring (bicyclic) bond motifs is 2. The summed E-state index contributed by atoms with van der Waals surface area (Å²) in [6.45, 7) is 5.29. The number of hydrogen-bond acceptors (Lipinski definition) is 4. The smallest absolute Gasteiger partial charge is 0.251 e. The normalized spacial score (nSPS) is 18.5. The van der Waals surface area contributed by atoms with Gasteiger partial charge < -0.3 is 14.8 Å². The average Bonchev–Trinajstić information content (AvgIpc) is 3.34. The molecular formula is C24H24ClN3O3. The monoisotopic (exact) mass is 437 g/mol. The molecule has 2 aromatic carbocycles. The van der Waals surface area contributed by atoms with Gasteiger partial charge in [-0.3, -0.25) is 9.48 Å². The predicted molar refractivity (Wildman–Crippen MR) is 118 cm³/mol. The highest BCUT2D eigenvalue weighted by Gasteiger charge is 2.36. The van der Waals surface area contributed by atoms with Crippen LogP contribution in [0.4, 0.5) is 0 Å². The van der Waals surface area contributed by atoms with Gasteiger partial charge in [0, 0.05) is 21.8 Å². The fourth-order valence-corrected chi connectivity index (χ4v) is 4.66. The maximum Gasteiger partial charge on any atom is 0.251 e. The molecule has 5 rings (SSSR count). The maximum absolute atomic E-state index is 13.0. The number of hydrogen-bond donors (Lipinski definition) is 1. The van der Waals surface area contributed by atoms with Gasteiger partial charge in [0.1, 0.15) is 0 Å². The Bertz CT molecular complexity index is 1150. The van der Waals surface area contributed by atoms with Gasteiger partial charge >= 0.3 is 0 Å². The molecule has 2 aliphatic rings. The molecule has 2 heterocycles. The van der Waals surface area contributed by atoms with Crippen LogP contribution in [0, 0.1) is 5.41 Å². The minimum Gasteiger partial charge on any atom is -0.454 e. The second-order valence-electron chi connectivity index (χ2n) is 8.97. The van der Waals surface area contributed by atoms with Crippen molar-refractivity contribution in [3.63, 3.8) is 0 Å². The zero-order valence-electron chi connectivity index (χ0n) is 17.5. The number of halogens is 1. The van der Waals surface area contributed by atoms with E-state index in [4.69, 9.17) is 21.1 Å². The van der Waals surface area contributed by atoms with E-state index >= 15 is 0 Å². The molecule has 1 amide bonds. The SMILES string of the molecule is CC1(C)Cc2c(cnn2Cc2cccc(Cl)c2)[C@@H](NC(=O)c2ccc3c(c2)OCO3)C1. The first kappa shape index (κ1) is 19.9. The third-order valence-electron chi connectivity index (χ3n) is 5.92. The molecule has 0 bridgehead atoms. The molecule has 31 heavy (non-hydrogen) atoms. The molecule has 160 valence electrons. The standard InChI is InChI=1S/C24H24ClN3O3/c1-24(2)10-19(27-23(29)16-6-7-21-22(9-16)31-14-30-21)18-12-26-28(20(18)11-24)13-15-4-3-5-17(25)8-15/h3-9,12,19H,10-11,13-14H2,1-2H3,(H,27,29)/t19-/m0/s1. The van der Waals surface area contributed by atoms with Crippen LogP contribution in [0.3, 0.4) is 0 Å². The predicted octanol–water partition coefficient (Wildman–Crippen LogP) is 4.76. The van der Waals surface area contributed by atoms with E-state index in [1.54, 1.807) is 18.2 Å². The maximum atomic E-state index is 13.0. The molecule has 1 atom stereocenters. The van der Waals surface area contributed by atoms with Crippen molar-refractivity contribution in [1.29, 1.82) is 0 Å². The third kappa shape index (κ3) is 4.00. The number of amides is 1. The molecular weight excluding hydrogens is 414 g/mol. The Kier molecular flexibility index (Phi) is 4.89. The summed E-state index contributed by atoms with van der Waals surface area (Å²) in [5.74, 6) is 1.14. The lowest BCUT2D eigenvalue weighted by molar-refractivity contribution is 0.0918. The Hall–Kier alpha value is -2.99. The van der Waals surface area contributed by atoms with Crippen LogP contribution in [0.15, 0.2) is 48.7 Å². The van der Waals surface area contributed by atoms with Gasteiger partial charge in [-0.05, 0) is 54.2 Å². The van der Waals surface area contributed by atoms with Crippen molar-refractivity contribution >= 4 is 17.5 Å². The molecule has 1 aromatic heterocycles. The lowest BCUT2D eigenvalue weighted by atomic mass is 9.74. The number of ether oxygens (including phenoxy) is 2. The van der Waals surface area contributed by atoms with Crippen LogP contribution in [0.5, 0.6) is 11.5 Å². The molecule has 0 radical (unpaired) electrons. The van der Waals surface area contributed by atoms with Crippen LogP contribution in [0.1, 0.15) is 53.5 Å². The topological polar surface area (TPSA) is 65.4 Å². The number of carbonyl (C=O) groups is 1. The quantitative estimate of drug-likeness (QED) is 0.639. The molecule has 7 heteroatoms. The van der Waals surface area contributed by atoms with Crippen molar-refractivity contribution in [3.05, 3.63) is 76.1 Å². The van der Waals surface area contributed by atoms with Gasteiger partial charge in [-0.25, -0.2) is 0 Å². The molecule has 3 aromatic rings. The lowest BCUT2D eigenvalue weighted by Gasteiger charge is -2.36. The van der Waals surface area contributed by atoms with E-state index in [1.807, 2.05) is 35.1 Å². The van der Waals surface area contributed by atoms with E-state index < -0.39 is 0 Å². The second kappa shape index (κ2) is 7.61. The summed E-state index contributed by atoms with van der Waals surface area (Å²) in [5.41, 5.74) is 3.93. The Morgan fingerprint density at radius 2 is 2.06 bits per heavy atom. The minimum absolute atomic E-state index is 0.0337. The van der Waals surface area contributed by atoms with Crippen LogP contribution in [0.2, 0.25) is 5.02 Å². The number of aromatic nitrogens is 2.